The zero-order valence-electron chi connectivity index (χ0n) is 15.8. The Hall–Kier alpha value is -3.49. The average Bonchev–Trinajstić information content (AvgIpc) is 3.30. The molecule has 0 saturated carbocycles. The molecule has 146 valence electrons. The van der Waals surface area contributed by atoms with Gasteiger partial charge >= 0.3 is 6.09 Å². The van der Waals surface area contributed by atoms with Crippen LogP contribution in [0.3, 0.4) is 0 Å². The lowest BCUT2D eigenvalue weighted by Gasteiger charge is -2.31. The van der Waals surface area contributed by atoms with Gasteiger partial charge in [-0.05, 0) is 31.2 Å². The highest BCUT2D eigenvalue weighted by Crippen LogP contribution is 2.34. The molecule has 1 amide bonds. The molecule has 28 heavy (non-hydrogen) atoms. The number of nitrogens with zero attached hydrogens (tertiary/aromatic N) is 4. The van der Waals surface area contributed by atoms with E-state index in [1.54, 1.807) is 23.3 Å². The molecule has 3 aromatic rings. The molecule has 0 fully saturated rings. The summed E-state index contributed by atoms with van der Waals surface area (Å²) in [6.45, 7) is 4.11. The van der Waals surface area contributed by atoms with Gasteiger partial charge in [0.05, 0.1) is 30.8 Å². The minimum absolute atomic E-state index is 0.119. The van der Waals surface area contributed by atoms with E-state index < -0.39 is 6.09 Å². The highest BCUT2D eigenvalue weighted by Gasteiger charge is 2.20. The topological polar surface area (TPSA) is 97.3 Å². The summed E-state index contributed by atoms with van der Waals surface area (Å²) in [5.74, 6) is 0.786. The van der Waals surface area contributed by atoms with Gasteiger partial charge in [-0.2, -0.15) is 5.10 Å². The molecule has 2 N–H and O–H groups in total. The molecule has 0 radical (unpaired) electrons. The third kappa shape index (κ3) is 3.93. The number of fused-ring (bicyclic) bond motifs is 1. The number of aromatic amines is 1. The van der Waals surface area contributed by atoms with Crippen molar-refractivity contribution in [2.75, 3.05) is 23.4 Å². The van der Waals surface area contributed by atoms with Gasteiger partial charge in [0.1, 0.15) is 24.7 Å². The quantitative estimate of drug-likeness (QED) is 0.704. The SMILES string of the molecule is Cc1cc(COC(=O)Nc2ccc3c(c2)N(Cc2cnc[nH]2)CCO3)nn1C. The summed E-state index contributed by atoms with van der Waals surface area (Å²) in [4.78, 5) is 21.5. The van der Waals surface area contributed by atoms with E-state index in [1.165, 1.54) is 0 Å². The monoisotopic (exact) mass is 382 g/mol. The highest BCUT2D eigenvalue weighted by atomic mass is 16.5. The van der Waals surface area contributed by atoms with Crippen LogP contribution in [-0.2, 0) is 24.9 Å². The van der Waals surface area contributed by atoms with E-state index in [4.69, 9.17) is 9.47 Å². The number of rotatable bonds is 5. The van der Waals surface area contributed by atoms with Crippen molar-refractivity contribution in [1.29, 1.82) is 0 Å². The van der Waals surface area contributed by atoms with Crippen LogP contribution < -0.4 is 15.0 Å². The molecule has 0 bridgehead atoms. The number of anilines is 2. The van der Waals surface area contributed by atoms with Crippen molar-refractivity contribution in [3.8, 4) is 5.75 Å². The standard InChI is InChI=1S/C19H22N6O3/c1-13-7-15(23-24(13)2)11-28-19(26)22-14-3-4-18-17(8-14)25(5-6-27-18)10-16-9-20-12-21-16/h3-4,7-9,12H,5-6,10-11H2,1-2H3,(H,20,21)(H,22,26). The number of carbonyl (C=O) groups excluding carboxylic acids is 1. The molecular formula is C19H22N6O3. The first-order valence-electron chi connectivity index (χ1n) is 9.01. The lowest BCUT2D eigenvalue weighted by Crippen LogP contribution is -2.32. The van der Waals surface area contributed by atoms with Crippen molar-refractivity contribution in [2.24, 2.45) is 7.05 Å². The molecule has 4 rings (SSSR count). The number of aryl methyl sites for hydroxylation is 2. The van der Waals surface area contributed by atoms with Crippen molar-refractivity contribution in [3.63, 3.8) is 0 Å². The van der Waals surface area contributed by atoms with Crippen LogP contribution in [0.2, 0.25) is 0 Å². The molecule has 1 aliphatic rings. The third-order valence-corrected chi connectivity index (χ3v) is 4.60. The minimum atomic E-state index is -0.528. The Morgan fingerprint density at radius 3 is 3.04 bits per heavy atom. The second-order valence-electron chi connectivity index (χ2n) is 6.63. The maximum Gasteiger partial charge on any atom is 0.412 e. The zero-order chi connectivity index (χ0) is 19.5. The van der Waals surface area contributed by atoms with E-state index in [0.29, 0.717) is 24.5 Å². The van der Waals surface area contributed by atoms with Crippen LogP contribution >= 0.6 is 0 Å². The minimum Gasteiger partial charge on any atom is -0.490 e. The molecule has 0 saturated heterocycles. The summed E-state index contributed by atoms with van der Waals surface area (Å²) in [7, 11) is 1.85. The molecule has 0 atom stereocenters. The van der Waals surface area contributed by atoms with E-state index in [1.807, 2.05) is 32.2 Å². The molecule has 1 aliphatic heterocycles. The van der Waals surface area contributed by atoms with E-state index in [2.05, 4.69) is 25.3 Å². The third-order valence-electron chi connectivity index (χ3n) is 4.60. The Morgan fingerprint density at radius 2 is 2.29 bits per heavy atom. The van der Waals surface area contributed by atoms with Gasteiger partial charge in [-0.15, -0.1) is 0 Å². The van der Waals surface area contributed by atoms with Gasteiger partial charge in [-0.1, -0.05) is 0 Å². The van der Waals surface area contributed by atoms with E-state index in [-0.39, 0.29) is 6.61 Å². The first kappa shape index (κ1) is 17.9. The molecule has 2 aromatic heterocycles. The lowest BCUT2D eigenvalue weighted by atomic mass is 10.2. The van der Waals surface area contributed by atoms with Crippen LogP contribution in [0.25, 0.3) is 0 Å². The fourth-order valence-electron chi connectivity index (χ4n) is 3.09. The number of imidazole rings is 1. The van der Waals surface area contributed by atoms with Crippen molar-refractivity contribution in [2.45, 2.75) is 20.1 Å². The average molecular weight is 382 g/mol. The van der Waals surface area contributed by atoms with E-state index in [0.717, 1.165) is 29.4 Å². The van der Waals surface area contributed by atoms with Gasteiger partial charge < -0.3 is 19.4 Å². The summed E-state index contributed by atoms with van der Waals surface area (Å²) in [6, 6.07) is 7.42. The van der Waals surface area contributed by atoms with Gasteiger partial charge in [-0.3, -0.25) is 10.00 Å². The summed E-state index contributed by atoms with van der Waals surface area (Å²) in [6.07, 6.45) is 2.93. The van der Waals surface area contributed by atoms with Gasteiger partial charge in [0, 0.05) is 24.6 Å². The van der Waals surface area contributed by atoms with Crippen molar-refractivity contribution >= 4 is 17.5 Å². The number of carbonyl (C=O) groups is 1. The Kier molecular flexibility index (Phi) is 4.88. The predicted octanol–water partition coefficient (Wildman–Crippen LogP) is 2.60. The summed E-state index contributed by atoms with van der Waals surface area (Å²) >= 11 is 0. The molecular weight excluding hydrogens is 360 g/mol. The second kappa shape index (κ2) is 7.63. The first-order chi connectivity index (χ1) is 13.6. The van der Waals surface area contributed by atoms with Gasteiger partial charge in [0.25, 0.3) is 0 Å². The Balaban J connectivity index is 1.41. The number of ether oxygens (including phenoxy) is 2. The van der Waals surface area contributed by atoms with Crippen LogP contribution in [0, 0.1) is 6.92 Å². The van der Waals surface area contributed by atoms with Crippen LogP contribution in [0.4, 0.5) is 16.2 Å². The van der Waals surface area contributed by atoms with E-state index >= 15 is 0 Å². The number of nitrogens with one attached hydrogen (secondary N) is 2. The molecule has 0 unspecified atom stereocenters. The summed E-state index contributed by atoms with van der Waals surface area (Å²) < 4.78 is 12.7. The fourth-order valence-corrected chi connectivity index (χ4v) is 3.09. The zero-order valence-corrected chi connectivity index (χ0v) is 15.8. The molecule has 0 spiro atoms. The smallest absolute Gasteiger partial charge is 0.412 e. The Labute approximate surface area is 162 Å². The van der Waals surface area contributed by atoms with E-state index in [9.17, 15) is 4.79 Å². The number of hydrogen-bond acceptors (Lipinski definition) is 6. The Bertz CT molecular complexity index is 947. The normalized spacial score (nSPS) is 13.0. The van der Waals surface area contributed by atoms with Crippen molar-refractivity contribution in [3.05, 3.63) is 53.9 Å². The first-order valence-corrected chi connectivity index (χ1v) is 9.01. The number of aromatic nitrogens is 4. The molecule has 3 heterocycles. The van der Waals surface area contributed by atoms with Crippen LogP contribution in [0.5, 0.6) is 5.75 Å². The van der Waals surface area contributed by atoms with Crippen LogP contribution in [0.1, 0.15) is 17.1 Å². The van der Waals surface area contributed by atoms with Crippen LogP contribution in [-0.4, -0.2) is 39.0 Å². The Morgan fingerprint density at radius 1 is 1.39 bits per heavy atom. The number of H-pyrrole nitrogens is 1. The summed E-state index contributed by atoms with van der Waals surface area (Å²) in [5, 5.41) is 7.04. The number of hydrogen-bond donors (Lipinski definition) is 2. The maximum absolute atomic E-state index is 12.2. The molecule has 0 aliphatic carbocycles. The highest BCUT2D eigenvalue weighted by molar-refractivity contribution is 5.86. The van der Waals surface area contributed by atoms with Crippen molar-refractivity contribution in [1.82, 2.24) is 19.7 Å². The van der Waals surface area contributed by atoms with Crippen LogP contribution in [0.15, 0.2) is 36.8 Å². The predicted molar refractivity (Wildman–Crippen MR) is 103 cm³/mol. The molecule has 1 aromatic carbocycles. The van der Waals surface area contributed by atoms with Gasteiger partial charge in [-0.25, -0.2) is 9.78 Å². The number of amides is 1. The largest absolute Gasteiger partial charge is 0.490 e. The molecule has 9 nitrogen and oxygen atoms in total. The van der Waals surface area contributed by atoms with Crippen molar-refractivity contribution < 1.29 is 14.3 Å². The lowest BCUT2D eigenvalue weighted by molar-refractivity contribution is 0.153. The molecule has 9 heteroatoms. The second-order valence-corrected chi connectivity index (χ2v) is 6.63. The number of benzene rings is 1. The summed E-state index contributed by atoms with van der Waals surface area (Å²) in [5.41, 5.74) is 4.28. The van der Waals surface area contributed by atoms with Gasteiger partial charge in [0.2, 0.25) is 0 Å². The van der Waals surface area contributed by atoms with Gasteiger partial charge in [0.15, 0.2) is 0 Å². The maximum atomic E-state index is 12.2. The fraction of sp³-hybridized carbons (Fsp3) is 0.316.